The highest BCUT2D eigenvalue weighted by molar-refractivity contribution is 9.09. The minimum Gasteiger partial charge on any atom is -0.224 e. The van der Waals surface area contributed by atoms with Crippen molar-refractivity contribution in [2.75, 3.05) is 11.1 Å². The van der Waals surface area contributed by atoms with E-state index >= 15 is 0 Å². The predicted molar refractivity (Wildman–Crippen MR) is 82.5 cm³/mol. The van der Waals surface area contributed by atoms with Crippen molar-refractivity contribution in [1.82, 2.24) is 0 Å². The number of aryl methyl sites for hydroxylation is 1. The lowest BCUT2D eigenvalue weighted by molar-refractivity contribution is 0.256. The molecule has 2 nitrogen and oxygen atoms in total. The zero-order chi connectivity index (χ0) is 13.9. The zero-order valence-corrected chi connectivity index (χ0v) is 13.8. The molecule has 0 unspecified atom stereocenters. The van der Waals surface area contributed by atoms with Crippen LogP contribution in [0.15, 0.2) is 29.2 Å². The van der Waals surface area contributed by atoms with Gasteiger partial charge in [0.25, 0.3) is 0 Å². The van der Waals surface area contributed by atoms with Gasteiger partial charge in [0.15, 0.2) is 9.84 Å². The Hall–Kier alpha value is -0.350. The van der Waals surface area contributed by atoms with Gasteiger partial charge in [-0.15, -0.1) is 0 Å². The normalized spacial score (nSPS) is 19.3. The zero-order valence-electron chi connectivity index (χ0n) is 11.4. The number of alkyl halides is 1. The number of rotatable bonds is 4. The summed E-state index contributed by atoms with van der Waals surface area (Å²) in [6.07, 6.45) is 5.57. The summed E-state index contributed by atoms with van der Waals surface area (Å²) in [6, 6.07) is 7.25. The summed E-state index contributed by atoms with van der Waals surface area (Å²) in [7, 11) is -3.18. The molecule has 0 amide bonds. The number of halogens is 1. The van der Waals surface area contributed by atoms with Crippen molar-refractivity contribution < 1.29 is 8.42 Å². The number of sulfone groups is 1. The fourth-order valence-corrected chi connectivity index (χ4v) is 5.95. The van der Waals surface area contributed by atoms with E-state index in [9.17, 15) is 8.42 Å². The minimum atomic E-state index is -3.18. The molecule has 1 fully saturated rings. The molecule has 0 saturated heterocycles. The van der Waals surface area contributed by atoms with Crippen LogP contribution in [0.2, 0.25) is 0 Å². The fourth-order valence-electron chi connectivity index (χ4n) is 2.91. The lowest BCUT2D eigenvalue weighted by Crippen LogP contribution is -2.34. The van der Waals surface area contributed by atoms with Crippen molar-refractivity contribution in [2.24, 2.45) is 5.41 Å². The molecule has 0 atom stereocenters. The highest BCUT2D eigenvalue weighted by Crippen LogP contribution is 2.40. The van der Waals surface area contributed by atoms with Gasteiger partial charge in [-0.3, -0.25) is 0 Å². The van der Waals surface area contributed by atoms with Gasteiger partial charge in [-0.25, -0.2) is 8.42 Å². The van der Waals surface area contributed by atoms with E-state index in [1.165, 1.54) is 6.42 Å². The minimum absolute atomic E-state index is 0.0686. The topological polar surface area (TPSA) is 34.1 Å². The van der Waals surface area contributed by atoms with Crippen LogP contribution in [-0.2, 0) is 9.84 Å². The average molecular weight is 345 g/mol. The van der Waals surface area contributed by atoms with Crippen molar-refractivity contribution in [3.63, 3.8) is 0 Å². The molecule has 1 aromatic carbocycles. The molecule has 0 radical (unpaired) electrons. The summed E-state index contributed by atoms with van der Waals surface area (Å²) in [5.74, 6) is 0.273. The van der Waals surface area contributed by atoms with Crippen LogP contribution in [0.4, 0.5) is 0 Å². The molecule has 2 rings (SSSR count). The molecular formula is C15H21BrO2S. The van der Waals surface area contributed by atoms with Gasteiger partial charge >= 0.3 is 0 Å². The lowest BCUT2D eigenvalue weighted by atomic mass is 9.77. The summed E-state index contributed by atoms with van der Waals surface area (Å²) < 4.78 is 25.2. The SMILES string of the molecule is Cc1cccc(S(=O)(=O)CC2(CBr)CCCCC2)c1. The second-order valence-electron chi connectivity index (χ2n) is 5.77. The fraction of sp³-hybridized carbons (Fsp3) is 0.600. The van der Waals surface area contributed by atoms with Crippen molar-refractivity contribution in [2.45, 2.75) is 43.9 Å². The summed E-state index contributed by atoms with van der Waals surface area (Å²) >= 11 is 3.54. The Balaban J connectivity index is 2.25. The third-order valence-corrected chi connectivity index (χ3v) is 7.20. The molecule has 0 aliphatic heterocycles. The summed E-state index contributed by atoms with van der Waals surface area (Å²) in [5, 5.41) is 0.783. The molecule has 0 N–H and O–H groups in total. The highest BCUT2D eigenvalue weighted by Gasteiger charge is 2.36. The van der Waals surface area contributed by atoms with Gasteiger partial charge in [0.2, 0.25) is 0 Å². The van der Waals surface area contributed by atoms with E-state index < -0.39 is 9.84 Å². The van der Waals surface area contributed by atoms with Gasteiger partial charge in [-0.05, 0) is 42.9 Å². The van der Waals surface area contributed by atoms with E-state index in [0.717, 1.165) is 36.6 Å². The van der Waals surface area contributed by atoms with E-state index in [1.54, 1.807) is 12.1 Å². The van der Waals surface area contributed by atoms with Crippen LogP contribution < -0.4 is 0 Å². The van der Waals surface area contributed by atoms with Crippen LogP contribution in [0, 0.1) is 12.3 Å². The van der Waals surface area contributed by atoms with E-state index in [4.69, 9.17) is 0 Å². The molecule has 4 heteroatoms. The van der Waals surface area contributed by atoms with Crippen LogP contribution >= 0.6 is 15.9 Å². The number of hydrogen-bond donors (Lipinski definition) is 0. The predicted octanol–water partition coefficient (Wildman–Crippen LogP) is 4.11. The van der Waals surface area contributed by atoms with E-state index in [2.05, 4.69) is 15.9 Å². The first-order valence-corrected chi connectivity index (χ1v) is 9.60. The van der Waals surface area contributed by atoms with Crippen LogP contribution in [-0.4, -0.2) is 19.5 Å². The Kier molecular flexibility index (Phi) is 4.72. The van der Waals surface area contributed by atoms with Gasteiger partial charge in [-0.2, -0.15) is 0 Å². The molecule has 1 aliphatic rings. The Labute approximate surface area is 124 Å². The Bertz CT molecular complexity index is 531. The number of benzene rings is 1. The molecule has 0 spiro atoms. The molecule has 1 aromatic rings. The van der Waals surface area contributed by atoms with Gasteiger partial charge < -0.3 is 0 Å². The molecule has 0 bridgehead atoms. The third kappa shape index (κ3) is 3.60. The third-order valence-electron chi connectivity index (χ3n) is 4.04. The maximum atomic E-state index is 12.6. The number of hydrogen-bond acceptors (Lipinski definition) is 2. The average Bonchev–Trinajstić information content (AvgIpc) is 2.39. The van der Waals surface area contributed by atoms with Crippen LogP contribution in [0.5, 0.6) is 0 Å². The van der Waals surface area contributed by atoms with Crippen molar-refractivity contribution in [3.8, 4) is 0 Å². The van der Waals surface area contributed by atoms with Crippen LogP contribution in [0.25, 0.3) is 0 Å². The Morgan fingerprint density at radius 2 is 1.89 bits per heavy atom. The molecule has 106 valence electrons. The summed E-state index contributed by atoms with van der Waals surface area (Å²) in [5.41, 5.74) is 0.929. The van der Waals surface area contributed by atoms with Crippen LogP contribution in [0.3, 0.4) is 0 Å². The van der Waals surface area contributed by atoms with Gasteiger partial charge in [0.05, 0.1) is 10.6 Å². The van der Waals surface area contributed by atoms with E-state index in [1.807, 2.05) is 19.1 Å². The van der Waals surface area contributed by atoms with E-state index in [-0.39, 0.29) is 11.2 Å². The summed E-state index contributed by atoms with van der Waals surface area (Å²) in [6.45, 7) is 1.93. The highest BCUT2D eigenvalue weighted by atomic mass is 79.9. The summed E-state index contributed by atoms with van der Waals surface area (Å²) in [4.78, 5) is 0.471. The first kappa shape index (κ1) is 15.0. The monoisotopic (exact) mass is 344 g/mol. The molecule has 0 aromatic heterocycles. The Morgan fingerprint density at radius 1 is 1.21 bits per heavy atom. The van der Waals surface area contributed by atoms with Crippen LogP contribution in [0.1, 0.15) is 37.7 Å². The maximum Gasteiger partial charge on any atom is 0.178 e. The molecule has 1 aliphatic carbocycles. The molecule has 1 saturated carbocycles. The van der Waals surface area contributed by atoms with Crippen molar-refractivity contribution >= 4 is 25.8 Å². The Morgan fingerprint density at radius 3 is 2.47 bits per heavy atom. The van der Waals surface area contributed by atoms with Crippen molar-refractivity contribution in [1.29, 1.82) is 0 Å². The largest absolute Gasteiger partial charge is 0.224 e. The van der Waals surface area contributed by atoms with Gasteiger partial charge in [0, 0.05) is 5.33 Å². The van der Waals surface area contributed by atoms with Crippen molar-refractivity contribution in [3.05, 3.63) is 29.8 Å². The van der Waals surface area contributed by atoms with Gasteiger partial charge in [0.1, 0.15) is 0 Å². The standard InChI is InChI=1S/C15H21BrO2S/c1-13-6-5-7-14(10-13)19(17,18)12-15(11-16)8-3-2-4-9-15/h5-7,10H,2-4,8-9,11-12H2,1H3. The quantitative estimate of drug-likeness (QED) is 0.770. The first-order chi connectivity index (χ1) is 8.97. The second kappa shape index (κ2) is 5.96. The molecule has 19 heavy (non-hydrogen) atoms. The molecular weight excluding hydrogens is 324 g/mol. The van der Waals surface area contributed by atoms with E-state index in [0.29, 0.717) is 4.90 Å². The second-order valence-corrected chi connectivity index (χ2v) is 8.32. The first-order valence-electron chi connectivity index (χ1n) is 6.83. The smallest absolute Gasteiger partial charge is 0.178 e. The van der Waals surface area contributed by atoms with Gasteiger partial charge in [-0.1, -0.05) is 47.3 Å². The molecule has 0 heterocycles. The lowest BCUT2D eigenvalue weighted by Gasteiger charge is -2.35. The maximum absolute atomic E-state index is 12.6.